The number of aryl methyl sites for hydroxylation is 1. The number of benzene rings is 2. The molecule has 4 aromatic rings. The van der Waals surface area contributed by atoms with E-state index in [-0.39, 0.29) is 22.0 Å². The van der Waals surface area contributed by atoms with E-state index in [1.54, 1.807) is 31.3 Å². The van der Waals surface area contributed by atoms with Crippen molar-refractivity contribution in [3.05, 3.63) is 94.9 Å². The standard InChI is InChI=1S/C25H21ClN4O4/c1-15(16-6-8-17(9-7-16)25(32)33)29-23(31)21-13-19(26)14-28-24(21)34-20-5-3-4-18(12-20)22-27-10-11-30(22)2/h3-15H,1-2H3,(H,29,31)(H,32,33)/t15-/m0/s1. The van der Waals surface area contributed by atoms with Crippen LogP contribution in [0.1, 0.15) is 39.2 Å². The highest BCUT2D eigenvalue weighted by molar-refractivity contribution is 6.30. The molecule has 9 heteroatoms. The van der Waals surface area contributed by atoms with E-state index in [9.17, 15) is 9.59 Å². The number of nitrogens with zero attached hydrogens (tertiary/aromatic N) is 3. The highest BCUT2D eigenvalue weighted by Gasteiger charge is 2.19. The van der Waals surface area contributed by atoms with Crippen molar-refractivity contribution >= 4 is 23.5 Å². The van der Waals surface area contributed by atoms with Crippen LogP contribution in [-0.2, 0) is 7.05 Å². The number of halogens is 1. The number of aromatic carboxylic acids is 1. The average molecular weight is 477 g/mol. The van der Waals surface area contributed by atoms with Crippen molar-refractivity contribution in [1.29, 1.82) is 0 Å². The maximum absolute atomic E-state index is 13.1. The molecule has 0 aliphatic rings. The number of pyridine rings is 1. The molecule has 1 atom stereocenters. The summed E-state index contributed by atoms with van der Waals surface area (Å²) in [6.07, 6.45) is 4.97. The number of ether oxygens (including phenoxy) is 1. The number of hydrogen-bond donors (Lipinski definition) is 2. The maximum atomic E-state index is 13.1. The van der Waals surface area contributed by atoms with E-state index in [0.29, 0.717) is 5.75 Å². The van der Waals surface area contributed by atoms with Crippen molar-refractivity contribution in [2.45, 2.75) is 13.0 Å². The van der Waals surface area contributed by atoms with Crippen LogP contribution in [0.3, 0.4) is 0 Å². The smallest absolute Gasteiger partial charge is 0.335 e. The molecular formula is C25H21ClN4O4. The number of aromatic nitrogens is 3. The lowest BCUT2D eigenvalue weighted by molar-refractivity contribution is 0.0696. The van der Waals surface area contributed by atoms with Crippen LogP contribution in [0, 0.1) is 0 Å². The molecule has 0 aliphatic heterocycles. The van der Waals surface area contributed by atoms with Crippen LogP contribution in [0.4, 0.5) is 0 Å². The summed E-state index contributed by atoms with van der Waals surface area (Å²) in [7, 11) is 1.90. The first kappa shape index (κ1) is 23.0. The monoisotopic (exact) mass is 476 g/mol. The molecule has 0 bridgehead atoms. The fourth-order valence-corrected chi connectivity index (χ4v) is 3.55. The van der Waals surface area contributed by atoms with E-state index >= 15 is 0 Å². The number of carbonyl (C=O) groups is 2. The van der Waals surface area contributed by atoms with Gasteiger partial charge in [0.15, 0.2) is 0 Å². The lowest BCUT2D eigenvalue weighted by Crippen LogP contribution is -2.27. The zero-order valence-electron chi connectivity index (χ0n) is 18.4. The fraction of sp³-hybridized carbons (Fsp3) is 0.120. The van der Waals surface area contributed by atoms with Gasteiger partial charge in [0.1, 0.15) is 17.1 Å². The van der Waals surface area contributed by atoms with Gasteiger partial charge in [-0.3, -0.25) is 4.79 Å². The highest BCUT2D eigenvalue weighted by atomic mass is 35.5. The quantitative estimate of drug-likeness (QED) is 0.383. The molecule has 0 saturated carbocycles. The molecule has 2 aromatic carbocycles. The van der Waals surface area contributed by atoms with E-state index < -0.39 is 17.9 Å². The van der Waals surface area contributed by atoms with Crippen LogP contribution in [0.15, 0.2) is 73.2 Å². The zero-order valence-corrected chi connectivity index (χ0v) is 19.2. The second-order valence-electron chi connectivity index (χ2n) is 7.62. The third-order valence-corrected chi connectivity index (χ3v) is 5.40. The van der Waals surface area contributed by atoms with Gasteiger partial charge in [-0.05, 0) is 42.8 Å². The first-order valence-corrected chi connectivity index (χ1v) is 10.7. The van der Waals surface area contributed by atoms with Gasteiger partial charge >= 0.3 is 5.97 Å². The normalized spacial score (nSPS) is 11.6. The molecule has 2 aromatic heterocycles. The first-order chi connectivity index (χ1) is 16.3. The molecule has 0 fully saturated rings. The summed E-state index contributed by atoms with van der Waals surface area (Å²) in [6, 6.07) is 14.7. The molecule has 0 spiro atoms. The second-order valence-corrected chi connectivity index (χ2v) is 8.06. The number of nitrogens with one attached hydrogen (secondary N) is 1. The SMILES string of the molecule is C[C@H](NC(=O)c1cc(Cl)cnc1Oc1cccc(-c2nccn2C)c1)c1ccc(C(=O)O)cc1. The minimum absolute atomic E-state index is 0.104. The second kappa shape index (κ2) is 9.76. The summed E-state index contributed by atoms with van der Waals surface area (Å²) in [5.74, 6) is -0.0775. The number of rotatable bonds is 7. The molecule has 2 heterocycles. The highest BCUT2D eigenvalue weighted by Crippen LogP contribution is 2.29. The van der Waals surface area contributed by atoms with Crippen molar-refractivity contribution in [1.82, 2.24) is 19.9 Å². The molecule has 0 unspecified atom stereocenters. The van der Waals surface area contributed by atoms with Gasteiger partial charge in [-0.25, -0.2) is 14.8 Å². The first-order valence-electron chi connectivity index (χ1n) is 10.4. The molecule has 2 N–H and O–H groups in total. The Hall–Kier alpha value is -4.17. The molecule has 0 radical (unpaired) electrons. The van der Waals surface area contributed by atoms with E-state index in [1.807, 2.05) is 36.0 Å². The number of carboxylic acid groups (broad SMARTS) is 1. The summed E-state index contributed by atoms with van der Waals surface area (Å²) >= 11 is 6.11. The molecule has 8 nitrogen and oxygen atoms in total. The number of hydrogen-bond acceptors (Lipinski definition) is 5. The van der Waals surface area contributed by atoms with Crippen LogP contribution in [-0.4, -0.2) is 31.5 Å². The van der Waals surface area contributed by atoms with Gasteiger partial charge in [0.05, 0.1) is 16.6 Å². The maximum Gasteiger partial charge on any atom is 0.335 e. The topological polar surface area (TPSA) is 106 Å². The Bertz CT molecular complexity index is 1350. The Balaban J connectivity index is 1.56. The Morgan fingerprint density at radius 1 is 1.12 bits per heavy atom. The van der Waals surface area contributed by atoms with Crippen LogP contribution < -0.4 is 10.1 Å². The van der Waals surface area contributed by atoms with Crippen molar-refractivity contribution < 1.29 is 19.4 Å². The summed E-state index contributed by atoms with van der Waals surface area (Å²) in [5.41, 5.74) is 1.94. The van der Waals surface area contributed by atoms with Crippen LogP contribution in [0.2, 0.25) is 5.02 Å². The van der Waals surface area contributed by atoms with E-state index in [1.165, 1.54) is 24.4 Å². The van der Waals surface area contributed by atoms with E-state index in [2.05, 4.69) is 15.3 Å². The number of amides is 1. The predicted molar refractivity (Wildman–Crippen MR) is 127 cm³/mol. The third kappa shape index (κ3) is 5.07. The summed E-state index contributed by atoms with van der Waals surface area (Å²) in [6.45, 7) is 1.79. The number of carboxylic acids is 1. The Morgan fingerprint density at radius 2 is 1.88 bits per heavy atom. The van der Waals surface area contributed by atoms with Crippen molar-refractivity contribution in [3.8, 4) is 23.0 Å². The summed E-state index contributed by atoms with van der Waals surface area (Å²) in [4.78, 5) is 32.7. The lowest BCUT2D eigenvalue weighted by atomic mass is 10.1. The lowest BCUT2D eigenvalue weighted by Gasteiger charge is -2.16. The van der Waals surface area contributed by atoms with Gasteiger partial charge in [0.25, 0.3) is 5.91 Å². The number of carbonyl (C=O) groups excluding carboxylic acids is 1. The third-order valence-electron chi connectivity index (χ3n) is 5.20. The van der Waals surface area contributed by atoms with Crippen LogP contribution >= 0.6 is 11.6 Å². The van der Waals surface area contributed by atoms with Gasteiger partial charge < -0.3 is 19.7 Å². The molecular weight excluding hydrogens is 456 g/mol. The minimum atomic E-state index is -1.01. The van der Waals surface area contributed by atoms with E-state index in [0.717, 1.165) is 17.0 Å². The molecule has 0 aliphatic carbocycles. The molecule has 172 valence electrons. The summed E-state index contributed by atoms with van der Waals surface area (Å²) < 4.78 is 7.85. The van der Waals surface area contributed by atoms with Crippen molar-refractivity contribution in [2.75, 3.05) is 0 Å². The van der Waals surface area contributed by atoms with Gasteiger partial charge in [0, 0.05) is 31.2 Å². The predicted octanol–water partition coefficient (Wildman–Crippen LogP) is 5.12. The van der Waals surface area contributed by atoms with Gasteiger partial charge in [-0.2, -0.15) is 0 Å². The van der Waals surface area contributed by atoms with Crippen molar-refractivity contribution in [2.24, 2.45) is 7.05 Å². The Kier molecular flexibility index (Phi) is 6.60. The average Bonchev–Trinajstić information content (AvgIpc) is 3.26. The van der Waals surface area contributed by atoms with E-state index in [4.69, 9.17) is 21.4 Å². The van der Waals surface area contributed by atoms with Crippen molar-refractivity contribution in [3.63, 3.8) is 0 Å². The van der Waals surface area contributed by atoms with Gasteiger partial charge in [-0.15, -0.1) is 0 Å². The molecule has 1 amide bonds. The van der Waals surface area contributed by atoms with Crippen LogP contribution in [0.25, 0.3) is 11.4 Å². The Morgan fingerprint density at radius 3 is 2.56 bits per heavy atom. The van der Waals surface area contributed by atoms with Gasteiger partial charge in [-0.1, -0.05) is 35.9 Å². The zero-order chi connectivity index (χ0) is 24.2. The van der Waals surface area contributed by atoms with Crippen LogP contribution in [0.5, 0.6) is 11.6 Å². The Labute approximate surface area is 200 Å². The molecule has 4 rings (SSSR count). The molecule has 0 saturated heterocycles. The van der Waals surface area contributed by atoms with Gasteiger partial charge in [0.2, 0.25) is 5.88 Å². The minimum Gasteiger partial charge on any atom is -0.478 e. The largest absolute Gasteiger partial charge is 0.478 e. The fourth-order valence-electron chi connectivity index (χ4n) is 3.40. The summed E-state index contributed by atoms with van der Waals surface area (Å²) in [5, 5.41) is 12.2. The number of imidazole rings is 1. The molecule has 34 heavy (non-hydrogen) atoms.